The molecule has 138 valence electrons. The number of carbonyl (C=O) groups is 2. The van der Waals surface area contributed by atoms with Crippen molar-refractivity contribution in [3.05, 3.63) is 75.9 Å². The number of halogens is 1. The van der Waals surface area contributed by atoms with Gasteiger partial charge in [0.1, 0.15) is 0 Å². The number of hydrogen-bond acceptors (Lipinski definition) is 4. The lowest BCUT2D eigenvalue weighted by Crippen LogP contribution is -2.22. The second-order valence-electron chi connectivity index (χ2n) is 5.72. The molecule has 7 heteroatoms. The maximum absolute atomic E-state index is 12.4. The minimum Gasteiger partial charge on any atom is -0.325 e. The summed E-state index contributed by atoms with van der Waals surface area (Å²) in [4.78, 5) is 26.1. The first-order valence-corrected chi connectivity index (χ1v) is 10.3. The number of hydrogen-bond donors (Lipinski definition) is 2. The van der Waals surface area contributed by atoms with Gasteiger partial charge in [-0.1, -0.05) is 23.7 Å². The first-order valence-electron chi connectivity index (χ1n) is 8.19. The van der Waals surface area contributed by atoms with Gasteiger partial charge < -0.3 is 10.6 Å². The molecule has 0 aliphatic heterocycles. The van der Waals surface area contributed by atoms with Gasteiger partial charge in [0, 0.05) is 21.3 Å². The van der Waals surface area contributed by atoms with Gasteiger partial charge in [-0.3, -0.25) is 9.59 Å². The Hall–Kier alpha value is -2.28. The number of thioether (sulfide) groups is 1. The number of rotatable bonds is 6. The quantitative estimate of drug-likeness (QED) is 0.501. The normalized spacial score (nSPS) is 11.6. The molecule has 27 heavy (non-hydrogen) atoms. The molecule has 0 radical (unpaired) electrons. The predicted molar refractivity (Wildman–Crippen MR) is 114 cm³/mol. The summed E-state index contributed by atoms with van der Waals surface area (Å²) in [6.07, 6.45) is 0. The Morgan fingerprint density at radius 1 is 1.00 bits per heavy atom. The lowest BCUT2D eigenvalue weighted by atomic mass is 10.3. The summed E-state index contributed by atoms with van der Waals surface area (Å²) < 4.78 is 0. The van der Waals surface area contributed by atoms with Gasteiger partial charge in [-0.25, -0.2) is 0 Å². The van der Waals surface area contributed by atoms with Crippen LogP contribution in [0.4, 0.5) is 11.4 Å². The minimum atomic E-state index is -0.302. The molecule has 1 atom stereocenters. The summed E-state index contributed by atoms with van der Waals surface area (Å²) in [6.45, 7) is 1.84. The summed E-state index contributed by atoms with van der Waals surface area (Å²) in [5.41, 5.74) is 1.40. The number of thiophene rings is 1. The molecule has 0 bridgehead atoms. The summed E-state index contributed by atoms with van der Waals surface area (Å²) in [5.74, 6) is -0.240. The molecule has 0 aliphatic rings. The zero-order chi connectivity index (χ0) is 19.2. The van der Waals surface area contributed by atoms with Crippen molar-refractivity contribution in [2.45, 2.75) is 17.1 Å². The molecule has 2 aromatic carbocycles. The molecule has 3 rings (SSSR count). The second-order valence-corrected chi connectivity index (χ2v) is 8.51. The molecule has 1 aromatic heterocycles. The third kappa shape index (κ3) is 5.60. The molecule has 2 amide bonds. The second kappa shape index (κ2) is 9.08. The van der Waals surface area contributed by atoms with E-state index in [0.717, 1.165) is 4.90 Å². The van der Waals surface area contributed by atoms with Crippen molar-refractivity contribution >= 4 is 57.9 Å². The first-order chi connectivity index (χ1) is 13.0. The average molecular weight is 417 g/mol. The van der Waals surface area contributed by atoms with E-state index in [1.807, 2.05) is 42.6 Å². The first kappa shape index (κ1) is 19.5. The molecule has 0 spiro atoms. The van der Waals surface area contributed by atoms with Gasteiger partial charge in [-0.05, 0) is 60.8 Å². The van der Waals surface area contributed by atoms with Crippen molar-refractivity contribution in [1.29, 1.82) is 0 Å². The summed E-state index contributed by atoms with van der Waals surface area (Å²) >= 11 is 8.67. The van der Waals surface area contributed by atoms with Crippen LogP contribution in [0.1, 0.15) is 16.6 Å². The number of amides is 2. The number of benzene rings is 2. The van der Waals surface area contributed by atoms with Crippen LogP contribution in [0.3, 0.4) is 0 Å². The molecule has 3 aromatic rings. The Morgan fingerprint density at radius 2 is 1.78 bits per heavy atom. The van der Waals surface area contributed by atoms with Gasteiger partial charge in [0.05, 0.1) is 10.1 Å². The Bertz CT molecular complexity index is 927. The summed E-state index contributed by atoms with van der Waals surface area (Å²) in [7, 11) is 0. The fourth-order valence-electron chi connectivity index (χ4n) is 2.28. The zero-order valence-electron chi connectivity index (χ0n) is 14.4. The molecule has 0 saturated heterocycles. The fraction of sp³-hybridized carbons (Fsp3) is 0.100. The molecule has 2 N–H and O–H groups in total. The van der Waals surface area contributed by atoms with Crippen LogP contribution in [0.5, 0.6) is 0 Å². The lowest BCUT2D eigenvalue weighted by molar-refractivity contribution is -0.115. The van der Waals surface area contributed by atoms with Crippen molar-refractivity contribution in [1.82, 2.24) is 0 Å². The van der Waals surface area contributed by atoms with Crippen LogP contribution in [-0.4, -0.2) is 17.1 Å². The van der Waals surface area contributed by atoms with E-state index in [4.69, 9.17) is 11.6 Å². The largest absolute Gasteiger partial charge is 0.325 e. The van der Waals surface area contributed by atoms with Gasteiger partial charge in [0.25, 0.3) is 5.91 Å². The van der Waals surface area contributed by atoms with Crippen LogP contribution in [0.2, 0.25) is 5.02 Å². The van der Waals surface area contributed by atoms with Gasteiger partial charge in [0.15, 0.2) is 0 Å². The summed E-state index contributed by atoms with van der Waals surface area (Å²) in [6, 6.07) is 18.1. The van der Waals surface area contributed by atoms with E-state index < -0.39 is 0 Å². The summed E-state index contributed by atoms with van der Waals surface area (Å²) in [5, 5.41) is 7.93. The number of nitrogens with one attached hydrogen (secondary N) is 2. The van der Waals surface area contributed by atoms with Gasteiger partial charge in [-0.15, -0.1) is 23.1 Å². The smallest absolute Gasteiger partial charge is 0.265 e. The van der Waals surface area contributed by atoms with Crippen LogP contribution < -0.4 is 10.6 Å². The maximum atomic E-state index is 12.4. The van der Waals surface area contributed by atoms with Gasteiger partial charge >= 0.3 is 0 Å². The standard InChI is InChI=1S/C20H17ClN2O2S2/c1-13(19(24)22-15-9-7-14(21)8-10-15)27-17-5-2-4-16(12-17)23-20(25)18-6-3-11-26-18/h2-13H,1H3,(H,22,24)(H,23,25). The van der Waals surface area contributed by atoms with E-state index in [1.54, 1.807) is 30.3 Å². The van der Waals surface area contributed by atoms with E-state index in [2.05, 4.69) is 10.6 Å². The maximum Gasteiger partial charge on any atom is 0.265 e. The van der Waals surface area contributed by atoms with E-state index >= 15 is 0 Å². The van der Waals surface area contributed by atoms with Crippen molar-refractivity contribution in [3.63, 3.8) is 0 Å². The Morgan fingerprint density at radius 3 is 2.48 bits per heavy atom. The van der Waals surface area contributed by atoms with Crippen molar-refractivity contribution in [3.8, 4) is 0 Å². The zero-order valence-corrected chi connectivity index (χ0v) is 16.8. The fourth-order valence-corrected chi connectivity index (χ4v) is 3.95. The van der Waals surface area contributed by atoms with Crippen LogP contribution in [-0.2, 0) is 4.79 Å². The molecule has 0 aliphatic carbocycles. The molecule has 0 fully saturated rings. The third-order valence-electron chi connectivity index (χ3n) is 3.63. The SMILES string of the molecule is CC(Sc1cccc(NC(=O)c2cccs2)c1)C(=O)Nc1ccc(Cl)cc1. The monoisotopic (exact) mass is 416 g/mol. The Kier molecular flexibility index (Phi) is 6.55. The highest BCUT2D eigenvalue weighted by Crippen LogP contribution is 2.27. The number of anilines is 2. The van der Waals surface area contributed by atoms with Crippen molar-refractivity contribution < 1.29 is 9.59 Å². The molecule has 1 unspecified atom stereocenters. The van der Waals surface area contributed by atoms with Gasteiger partial charge in [-0.2, -0.15) is 0 Å². The Balaban J connectivity index is 1.60. The third-order valence-corrected chi connectivity index (χ3v) is 5.85. The van der Waals surface area contributed by atoms with E-state index in [0.29, 0.717) is 21.3 Å². The van der Waals surface area contributed by atoms with E-state index in [-0.39, 0.29) is 17.1 Å². The lowest BCUT2D eigenvalue weighted by Gasteiger charge is -2.13. The average Bonchev–Trinajstić information content (AvgIpc) is 3.19. The highest BCUT2D eigenvalue weighted by atomic mass is 35.5. The highest BCUT2D eigenvalue weighted by molar-refractivity contribution is 8.00. The van der Waals surface area contributed by atoms with Crippen LogP contribution in [0, 0.1) is 0 Å². The molecular formula is C20H17ClN2O2S2. The topological polar surface area (TPSA) is 58.2 Å². The van der Waals surface area contributed by atoms with E-state index in [1.165, 1.54) is 23.1 Å². The molecule has 0 saturated carbocycles. The van der Waals surface area contributed by atoms with Gasteiger partial charge in [0.2, 0.25) is 5.91 Å². The highest BCUT2D eigenvalue weighted by Gasteiger charge is 2.15. The van der Waals surface area contributed by atoms with Crippen molar-refractivity contribution in [2.24, 2.45) is 0 Å². The molecule has 4 nitrogen and oxygen atoms in total. The minimum absolute atomic E-state index is 0.102. The van der Waals surface area contributed by atoms with Crippen molar-refractivity contribution in [2.75, 3.05) is 10.6 Å². The van der Waals surface area contributed by atoms with E-state index in [9.17, 15) is 9.59 Å². The predicted octanol–water partition coefficient (Wildman–Crippen LogP) is 5.77. The van der Waals surface area contributed by atoms with Crippen LogP contribution in [0.15, 0.2) is 70.9 Å². The van der Waals surface area contributed by atoms with Crippen LogP contribution in [0.25, 0.3) is 0 Å². The molecular weight excluding hydrogens is 400 g/mol. The Labute approximate surface area is 170 Å². The van der Waals surface area contributed by atoms with Crippen LogP contribution >= 0.6 is 34.7 Å². The number of carbonyl (C=O) groups excluding carboxylic acids is 2. The molecule has 1 heterocycles.